The molecular weight excluding hydrogens is 398 g/mol. The molecule has 1 aromatic carbocycles. The van der Waals surface area contributed by atoms with E-state index in [1.165, 1.54) is 48.9 Å². The summed E-state index contributed by atoms with van der Waals surface area (Å²) in [5, 5.41) is 5.07. The maximum absolute atomic E-state index is 5.68. The molecule has 0 amide bonds. The Labute approximate surface area is 189 Å². The fourth-order valence-corrected chi connectivity index (χ4v) is 5.45. The summed E-state index contributed by atoms with van der Waals surface area (Å²) in [6, 6.07) is 7.12. The summed E-state index contributed by atoms with van der Waals surface area (Å²) in [6.45, 7) is 2.51. The maximum atomic E-state index is 5.68. The Hall–Kier alpha value is -2.31. The second-order valence-electron chi connectivity index (χ2n) is 9.99. The van der Waals surface area contributed by atoms with Crippen molar-refractivity contribution in [2.45, 2.75) is 69.2 Å². The van der Waals surface area contributed by atoms with Gasteiger partial charge in [-0.1, -0.05) is 6.07 Å². The van der Waals surface area contributed by atoms with Gasteiger partial charge in [0, 0.05) is 30.9 Å². The number of benzene rings is 1. The molecular formula is C26H33N5O. The molecule has 6 nitrogen and oxygen atoms in total. The molecule has 6 heteroatoms. The van der Waals surface area contributed by atoms with Gasteiger partial charge < -0.3 is 10.5 Å². The van der Waals surface area contributed by atoms with E-state index in [9.17, 15) is 0 Å². The van der Waals surface area contributed by atoms with E-state index in [1.54, 1.807) is 0 Å². The lowest BCUT2D eigenvalue weighted by Gasteiger charge is -2.35. The van der Waals surface area contributed by atoms with Crippen LogP contribution in [0, 0.1) is 5.92 Å². The molecule has 2 aromatic heterocycles. The van der Waals surface area contributed by atoms with Gasteiger partial charge in [-0.15, -0.1) is 0 Å². The molecule has 3 aliphatic rings. The Kier molecular flexibility index (Phi) is 5.43. The SMILES string of the molecule is NCCCC1CC(n2cc(-c3cnc4ccc(C5CCOCC5)cc4n3)c(C3CC3)n2)C1. The van der Waals surface area contributed by atoms with Gasteiger partial charge in [-0.2, -0.15) is 5.10 Å². The number of nitrogens with zero attached hydrogens (tertiary/aromatic N) is 4. The third kappa shape index (κ3) is 3.95. The Balaban J connectivity index is 1.28. The van der Waals surface area contributed by atoms with Gasteiger partial charge in [0.2, 0.25) is 0 Å². The predicted octanol–water partition coefficient (Wildman–Crippen LogP) is 4.95. The molecule has 168 valence electrons. The van der Waals surface area contributed by atoms with Gasteiger partial charge in [0.15, 0.2) is 0 Å². The Morgan fingerprint density at radius 2 is 1.88 bits per heavy atom. The number of aromatic nitrogens is 4. The van der Waals surface area contributed by atoms with Gasteiger partial charge in [0.05, 0.1) is 34.7 Å². The summed E-state index contributed by atoms with van der Waals surface area (Å²) < 4.78 is 7.77. The van der Waals surface area contributed by atoms with Gasteiger partial charge in [-0.3, -0.25) is 9.67 Å². The van der Waals surface area contributed by atoms with Crippen LogP contribution in [0.4, 0.5) is 0 Å². The van der Waals surface area contributed by atoms with Crippen molar-refractivity contribution in [3.8, 4) is 11.3 Å². The summed E-state index contributed by atoms with van der Waals surface area (Å²) in [6.07, 6.45) is 13.7. The van der Waals surface area contributed by atoms with Crippen LogP contribution in [0.15, 0.2) is 30.6 Å². The van der Waals surface area contributed by atoms with E-state index in [4.69, 9.17) is 25.5 Å². The molecule has 0 unspecified atom stereocenters. The van der Waals surface area contributed by atoms with E-state index >= 15 is 0 Å². The first-order valence-corrected chi connectivity index (χ1v) is 12.4. The highest BCUT2D eigenvalue weighted by atomic mass is 16.5. The molecule has 1 aliphatic heterocycles. The first kappa shape index (κ1) is 20.3. The molecule has 3 fully saturated rings. The van der Waals surface area contributed by atoms with Crippen molar-refractivity contribution in [2.75, 3.05) is 19.8 Å². The van der Waals surface area contributed by atoms with E-state index in [1.807, 2.05) is 6.20 Å². The smallest absolute Gasteiger partial charge is 0.0927 e. The normalized spacial score (nSPS) is 24.0. The van der Waals surface area contributed by atoms with Crippen LogP contribution in [-0.4, -0.2) is 39.5 Å². The number of fused-ring (bicyclic) bond motifs is 1. The third-order valence-corrected chi connectivity index (χ3v) is 7.66. The zero-order valence-corrected chi connectivity index (χ0v) is 18.7. The lowest BCUT2D eigenvalue weighted by molar-refractivity contribution is 0.0853. The van der Waals surface area contributed by atoms with Crippen molar-refractivity contribution in [1.29, 1.82) is 0 Å². The molecule has 0 radical (unpaired) electrons. The van der Waals surface area contributed by atoms with Gasteiger partial charge in [0.1, 0.15) is 0 Å². The van der Waals surface area contributed by atoms with Crippen LogP contribution in [0.3, 0.4) is 0 Å². The van der Waals surface area contributed by atoms with E-state index in [2.05, 4.69) is 29.1 Å². The van der Waals surface area contributed by atoms with Crippen LogP contribution in [0.1, 0.15) is 80.5 Å². The molecule has 1 saturated heterocycles. The van der Waals surface area contributed by atoms with Crippen LogP contribution < -0.4 is 5.73 Å². The van der Waals surface area contributed by atoms with Crippen molar-refractivity contribution in [2.24, 2.45) is 11.7 Å². The monoisotopic (exact) mass is 431 g/mol. The zero-order chi connectivity index (χ0) is 21.5. The highest BCUT2D eigenvalue weighted by Crippen LogP contribution is 2.46. The Morgan fingerprint density at radius 3 is 2.66 bits per heavy atom. The fourth-order valence-electron chi connectivity index (χ4n) is 5.45. The quantitative estimate of drug-likeness (QED) is 0.572. The highest BCUT2D eigenvalue weighted by molar-refractivity contribution is 5.78. The van der Waals surface area contributed by atoms with E-state index in [-0.39, 0.29) is 0 Å². The van der Waals surface area contributed by atoms with Crippen molar-refractivity contribution < 1.29 is 4.74 Å². The topological polar surface area (TPSA) is 78.9 Å². The first-order valence-electron chi connectivity index (χ1n) is 12.4. The van der Waals surface area contributed by atoms with Crippen LogP contribution in [0.25, 0.3) is 22.3 Å². The van der Waals surface area contributed by atoms with Gasteiger partial charge in [-0.05, 0) is 87.4 Å². The molecule has 3 heterocycles. The molecule has 3 aromatic rings. The van der Waals surface area contributed by atoms with Gasteiger partial charge >= 0.3 is 0 Å². The van der Waals surface area contributed by atoms with Crippen molar-refractivity contribution in [1.82, 2.24) is 19.7 Å². The van der Waals surface area contributed by atoms with Crippen molar-refractivity contribution in [3.63, 3.8) is 0 Å². The van der Waals surface area contributed by atoms with Crippen molar-refractivity contribution in [3.05, 3.63) is 41.9 Å². The standard InChI is InChI=1S/C26H33N5O/c27-9-1-2-17-12-21(13-17)31-16-22(26(30-31)19-3-4-19)25-15-28-23-6-5-20(14-24(23)29-25)18-7-10-32-11-8-18/h5-6,14-19,21H,1-4,7-13,27H2. The average Bonchev–Trinajstić information content (AvgIpc) is 3.57. The number of hydrogen-bond donors (Lipinski definition) is 1. The molecule has 2 saturated carbocycles. The van der Waals surface area contributed by atoms with Crippen LogP contribution in [-0.2, 0) is 4.74 Å². The number of nitrogens with two attached hydrogens (primary N) is 1. The zero-order valence-electron chi connectivity index (χ0n) is 18.7. The lowest BCUT2D eigenvalue weighted by Crippen LogP contribution is -2.27. The summed E-state index contributed by atoms with van der Waals surface area (Å²) in [4.78, 5) is 9.85. The van der Waals surface area contributed by atoms with Gasteiger partial charge in [0.25, 0.3) is 0 Å². The molecule has 0 bridgehead atoms. The molecule has 32 heavy (non-hydrogen) atoms. The second kappa shape index (κ2) is 8.56. The molecule has 2 aliphatic carbocycles. The fraction of sp³-hybridized carbons (Fsp3) is 0.577. The largest absolute Gasteiger partial charge is 0.381 e. The van der Waals surface area contributed by atoms with Crippen LogP contribution in [0.5, 0.6) is 0 Å². The maximum Gasteiger partial charge on any atom is 0.0927 e. The van der Waals surface area contributed by atoms with E-state index in [0.717, 1.165) is 61.7 Å². The van der Waals surface area contributed by atoms with Gasteiger partial charge in [-0.25, -0.2) is 4.98 Å². The van der Waals surface area contributed by atoms with Crippen molar-refractivity contribution >= 4 is 11.0 Å². The minimum Gasteiger partial charge on any atom is -0.381 e. The summed E-state index contributed by atoms with van der Waals surface area (Å²) in [7, 11) is 0. The average molecular weight is 432 g/mol. The third-order valence-electron chi connectivity index (χ3n) is 7.66. The Bertz CT molecular complexity index is 1090. The number of ether oxygens (including phenoxy) is 1. The van der Waals surface area contributed by atoms with Crippen LogP contribution >= 0.6 is 0 Å². The second-order valence-corrected chi connectivity index (χ2v) is 9.99. The molecule has 6 rings (SSSR count). The predicted molar refractivity (Wildman–Crippen MR) is 126 cm³/mol. The number of rotatable bonds is 7. The van der Waals surface area contributed by atoms with E-state index < -0.39 is 0 Å². The molecule has 0 atom stereocenters. The first-order chi connectivity index (χ1) is 15.8. The summed E-state index contributed by atoms with van der Waals surface area (Å²) >= 11 is 0. The van der Waals surface area contributed by atoms with Crippen LogP contribution in [0.2, 0.25) is 0 Å². The van der Waals surface area contributed by atoms with E-state index in [0.29, 0.717) is 17.9 Å². The molecule has 0 spiro atoms. The Morgan fingerprint density at radius 1 is 1.03 bits per heavy atom. The highest BCUT2D eigenvalue weighted by Gasteiger charge is 2.35. The summed E-state index contributed by atoms with van der Waals surface area (Å²) in [5.74, 6) is 1.96. The number of hydrogen-bond acceptors (Lipinski definition) is 5. The lowest BCUT2D eigenvalue weighted by atomic mass is 9.77. The molecule has 2 N–H and O–H groups in total. The minimum atomic E-state index is 0.526. The minimum absolute atomic E-state index is 0.526. The summed E-state index contributed by atoms with van der Waals surface area (Å²) in [5.41, 5.74) is 12.4.